The average molecular weight is 425 g/mol. The highest BCUT2D eigenvalue weighted by molar-refractivity contribution is 5.26. The average Bonchev–Trinajstić information content (AvgIpc) is 2.79. The second-order valence-corrected chi connectivity index (χ2v) is 7.25. The Kier molecular flexibility index (Phi) is 29.1. The first-order valence-electron chi connectivity index (χ1n) is 12.0. The maximum absolute atomic E-state index is 5.32. The van der Waals surface area contributed by atoms with Gasteiger partial charge < -0.3 is 33.6 Å². The van der Waals surface area contributed by atoms with Gasteiger partial charge in [0.25, 0.3) is 0 Å². The molecular weight excluding hydrogens is 372 g/mol. The van der Waals surface area contributed by atoms with Gasteiger partial charge in [0.05, 0.1) is 0 Å². The lowest BCUT2D eigenvalue weighted by atomic mass is 10.0. The zero-order valence-electron chi connectivity index (χ0n) is 19.9. The van der Waals surface area contributed by atoms with E-state index in [1.54, 1.807) is 0 Å². The highest BCUT2D eigenvalue weighted by atomic mass is 14.8. The van der Waals surface area contributed by atoms with Crippen LogP contribution in [0.4, 0.5) is 0 Å². The summed E-state index contributed by atoms with van der Waals surface area (Å²) in [5, 5.41) is 6.57. The van der Waals surface area contributed by atoms with Crippen LogP contribution in [0.25, 0.3) is 0 Å². The molecule has 0 aliphatic carbocycles. The fourth-order valence-corrected chi connectivity index (χ4v) is 2.74. The van der Waals surface area contributed by atoms with Gasteiger partial charge in [0.2, 0.25) is 0 Å². The first kappa shape index (κ1) is 31.2. The number of aryl methyl sites for hydroxylation is 2. The minimum absolute atomic E-state index is 0.782. The molecule has 0 aromatic heterocycles. The van der Waals surface area contributed by atoms with Gasteiger partial charge in [-0.3, -0.25) is 0 Å². The molecule has 6 nitrogen and oxygen atoms in total. The molecule has 0 aliphatic rings. The van der Waals surface area contributed by atoms with Crippen LogP contribution in [0, 0.1) is 0 Å². The Bertz CT molecular complexity index is 373. The summed E-state index contributed by atoms with van der Waals surface area (Å²) in [6, 6.07) is 8.63. The minimum atomic E-state index is 0.782. The van der Waals surface area contributed by atoms with Crippen LogP contribution in [0.3, 0.4) is 0 Å². The number of rotatable bonds is 16. The van der Waals surface area contributed by atoms with Crippen LogP contribution in [0.5, 0.6) is 0 Å². The number of nitrogens with one attached hydrogen (secondary N) is 2. The Hall–Kier alpha value is -1.02. The van der Waals surface area contributed by atoms with Crippen molar-refractivity contribution in [3.63, 3.8) is 0 Å². The molecule has 0 atom stereocenters. The maximum atomic E-state index is 5.32. The van der Waals surface area contributed by atoms with Gasteiger partial charge in [0, 0.05) is 0 Å². The molecule has 0 spiro atoms. The van der Waals surface area contributed by atoms with E-state index in [2.05, 4.69) is 48.7 Å². The van der Waals surface area contributed by atoms with Crippen LogP contribution >= 0.6 is 0 Å². The van der Waals surface area contributed by atoms with Crippen LogP contribution in [0.1, 0.15) is 63.5 Å². The van der Waals surface area contributed by atoms with Crippen molar-refractivity contribution in [2.45, 2.75) is 65.2 Å². The van der Waals surface area contributed by atoms with Crippen molar-refractivity contribution in [2.24, 2.45) is 22.9 Å². The molecule has 6 heteroatoms. The first-order valence-corrected chi connectivity index (χ1v) is 12.0. The standard InChI is InChI=1S/C10H14.2C7H19N3/c1-3-9-7-5-6-8-10(9)4-2;2*8-4-1-2-6-10-7-3-5-9/h5-8H,3-4H2,1-2H3;2*10H,1-9H2. The van der Waals surface area contributed by atoms with E-state index in [-0.39, 0.29) is 0 Å². The van der Waals surface area contributed by atoms with E-state index >= 15 is 0 Å². The second kappa shape index (κ2) is 28.0. The molecule has 1 aromatic rings. The van der Waals surface area contributed by atoms with Crippen molar-refractivity contribution in [1.82, 2.24) is 10.6 Å². The third kappa shape index (κ3) is 23.3. The van der Waals surface area contributed by atoms with Gasteiger partial charge in [-0.1, -0.05) is 38.1 Å². The maximum Gasteiger partial charge on any atom is -0.00369 e. The lowest BCUT2D eigenvalue weighted by molar-refractivity contribution is 0.611. The molecule has 0 heterocycles. The summed E-state index contributed by atoms with van der Waals surface area (Å²) in [7, 11) is 0. The van der Waals surface area contributed by atoms with Crippen molar-refractivity contribution >= 4 is 0 Å². The van der Waals surface area contributed by atoms with Crippen molar-refractivity contribution in [2.75, 3.05) is 52.4 Å². The van der Waals surface area contributed by atoms with Gasteiger partial charge >= 0.3 is 0 Å². The molecule has 0 aliphatic heterocycles. The summed E-state index contributed by atoms with van der Waals surface area (Å²) in [5.41, 5.74) is 24.2. The Labute approximate surface area is 186 Å². The molecule has 178 valence electrons. The third-order valence-corrected chi connectivity index (χ3v) is 4.61. The monoisotopic (exact) mass is 424 g/mol. The van der Waals surface area contributed by atoms with Crippen LogP contribution in [-0.2, 0) is 12.8 Å². The SMILES string of the molecule is CCc1ccccc1CC.NCCCCNCCCN.NCCCCNCCCN. The summed E-state index contributed by atoms with van der Waals surface area (Å²) in [4.78, 5) is 0. The fourth-order valence-electron chi connectivity index (χ4n) is 2.74. The van der Waals surface area contributed by atoms with Gasteiger partial charge in [0.1, 0.15) is 0 Å². The molecule has 0 radical (unpaired) electrons. The topological polar surface area (TPSA) is 128 Å². The zero-order chi connectivity index (χ0) is 22.7. The number of hydrogen-bond donors (Lipinski definition) is 6. The van der Waals surface area contributed by atoms with E-state index in [0.29, 0.717) is 0 Å². The second-order valence-electron chi connectivity index (χ2n) is 7.25. The number of benzene rings is 1. The van der Waals surface area contributed by atoms with Gasteiger partial charge in [0.15, 0.2) is 0 Å². The van der Waals surface area contributed by atoms with Crippen molar-refractivity contribution in [1.29, 1.82) is 0 Å². The van der Waals surface area contributed by atoms with E-state index in [0.717, 1.165) is 90.9 Å². The third-order valence-electron chi connectivity index (χ3n) is 4.61. The molecular formula is C24H52N6. The Morgan fingerprint density at radius 3 is 1.17 bits per heavy atom. The van der Waals surface area contributed by atoms with Crippen LogP contribution in [-0.4, -0.2) is 52.4 Å². The van der Waals surface area contributed by atoms with Gasteiger partial charge in [-0.25, -0.2) is 0 Å². The lowest BCUT2D eigenvalue weighted by Crippen LogP contribution is -2.19. The van der Waals surface area contributed by atoms with Gasteiger partial charge in [-0.05, 0) is 115 Å². The molecule has 0 amide bonds. The Balaban J connectivity index is 0. The number of nitrogens with two attached hydrogens (primary N) is 4. The molecule has 30 heavy (non-hydrogen) atoms. The van der Waals surface area contributed by atoms with E-state index in [1.165, 1.54) is 24.0 Å². The predicted molar refractivity (Wildman–Crippen MR) is 135 cm³/mol. The fraction of sp³-hybridized carbons (Fsp3) is 0.750. The summed E-state index contributed by atoms with van der Waals surface area (Å²) in [5.74, 6) is 0. The molecule has 1 aromatic carbocycles. The molecule has 0 unspecified atom stereocenters. The predicted octanol–water partition coefficient (Wildman–Crippen LogP) is 2.14. The summed E-state index contributed by atoms with van der Waals surface area (Å²) >= 11 is 0. The highest BCUT2D eigenvalue weighted by Gasteiger charge is 1.94. The Morgan fingerprint density at radius 2 is 0.867 bits per heavy atom. The summed E-state index contributed by atoms with van der Waals surface area (Å²) < 4.78 is 0. The van der Waals surface area contributed by atoms with Crippen LogP contribution in [0.2, 0.25) is 0 Å². The van der Waals surface area contributed by atoms with E-state index in [9.17, 15) is 0 Å². The summed E-state index contributed by atoms with van der Waals surface area (Å²) in [6.45, 7) is 11.8. The minimum Gasteiger partial charge on any atom is -0.330 e. The van der Waals surface area contributed by atoms with Gasteiger partial charge in [-0.2, -0.15) is 0 Å². The smallest absolute Gasteiger partial charge is 0.00369 e. The lowest BCUT2D eigenvalue weighted by Gasteiger charge is -2.02. The van der Waals surface area contributed by atoms with Gasteiger partial charge in [-0.15, -0.1) is 0 Å². The first-order chi connectivity index (χ1) is 14.7. The molecule has 0 saturated carbocycles. The largest absolute Gasteiger partial charge is 0.330 e. The molecule has 0 bridgehead atoms. The van der Waals surface area contributed by atoms with E-state index in [1.807, 2.05) is 0 Å². The van der Waals surface area contributed by atoms with Crippen LogP contribution in [0.15, 0.2) is 24.3 Å². The molecule has 1 rings (SSSR count). The van der Waals surface area contributed by atoms with Crippen molar-refractivity contribution in [3.8, 4) is 0 Å². The number of unbranched alkanes of at least 4 members (excludes halogenated alkanes) is 2. The Morgan fingerprint density at radius 1 is 0.533 bits per heavy atom. The molecule has 0 fully saturated rings. The van der Waals surface area contributed by atoms with Crippen LogP contribution < -0.4 is 33.6 Å². The summed E-state index contributed by atoms with van der Waals surface area (Å²) in [6.07, 6.45) is 9.06. The highest BCUT2D eigenvalue weighted by Crippen LogP contribution is 2.08. The molecule has 0 saturated heterocycles. The number of hydrogen-bond acceptors (Lipinski definition) is 6. The molecule has 10 N–H and O–H groups in total. The quantitative estimate of drug-likeness (QED) is 0.226. The van der Waals surface area contributed by atoms with Crippen molar-refractivity contribution < 1.29 is 0 Å². The normalized spacial score (nSPS) is 10.1. The van der Waals surface area contributed by atoms with Crippen molar-refractivity contribution in [3.05, 3.63) is 35.4 Å². The zero-order valence-corrected chi connectivity index (χ0v) is 19.9. The van der Waals surface area contributed by atoms with E-state index in [4.69, 9.17) is 22.9 Å². The van der Waals surface area contributed by atoms with E-state index < -0.39 is 0 Å².